The van der Waals surface area contributed by atoms with Gasteiger partial charge in [-0.25, -0.2) is 9.37 Å². The molecule has 32 heavy (non-hydrogen) atoms. The number of ketones is 1. The third kappa shape index (κ3) is 3.93. The van der Waals surface area contributed by atoms with Gasteiger partial charge in [-0.2, -0.15) is 0 Å². The summed E-state index contributed by atoms with van der Waals surface area (Å²) in [5.41, 5.74) is 3.04. The first-order valence-electron chi connectivity index (χ1n) is 10.3. The molecule has 2 N–H and O–H groups in total. The van der Waals surface area contributed by atoms with Crippen LogP contribution in [0, 0.1) is 5.82 Å². The van der Waals surface area contributed by atoms with Crippen molar-refractivity contribution < 1.29 is 9.18 Å². The van der Waals surface area contributed by atoms with Gasteiger partial charge in [-0.15, -0.1) is 0 Å². The van der Waals surface area contributed by atoms with Gasteiger partial charge in [0.2, 0.25) is 0 Å². The first-order valence-corrected chi connectivity index (χ1v) is 12.1. The number of Topliss-reactive ketones (excluding diaryl/α,β-unsaturated/α-hetero) is 1. The number of H-pyrrole nitrogens is 1. The van der Waals surface area contributed by atoms with Crippen molar-refractivity contribution in [2.24, 2.45) is 0 Å². The lowest BCUT2D eigenvalue weighted by Gasteiger charge is -2.32. The molecular weight excluding hydrogens is 493 g/mol. The standard InChI is InChI=1S/C24H19BrFN3O2S/c25-15-7-3-6-13(11-15)19-20-17(9-4-10-18(20)30)27-22-21(19)23(31)29-24(28-22)32-12-14-5-1-2-8-16(14)26/h1-3,5-8,11,19H,4,9-10,12H2,(H2,27,28,29,31)/t19-/m1/s1. The Kier molecular flexibility index (Phi) is 5.73. The van der Waals surface area contributed by atoms with Gasteiger partial charge in [-0.1, -0.05) is 58.0 Å². The zero-order valence-corrected chi connectivity index (χ0v) is 19.4. The lowest BCUT2D eigenvalue weighted by Crippen LogP contribution is -2.32. The van der Waals surface area contributed by atoms with Crippen LogP contribution in [-0.4, -0.2) is 15.8 Å². The summed E-state index contributed by atoms with van der Waals surface area (Å²) in [6, 6.07) is 14.2. The number of carbonyl (C=O) groups is 1. The van der Waals surface area contributed by atoms with Gasteiger partial charge in [-0.3, -0.25) is 9.59 Å². The van der Waals surface area contributed by atoms with Gasteiger partial charge in [0.25, 0.3) is 5.56 Å². The fourth-order valence-electron chi connectivity index (χ4n) is 4.29. The maximum atomic E-state index is 14.0. The summed E-state index contributed by atoms with van der Waals surface area (Å²) in [7, 11) is 0. The SMILES string of the molecule is O=C1CCCC2=C1[C@@H](c1cccc(Br)c1)c1c(nc(SCc3ccccc3F)[nH]c1=O)N2. The lowest BCUT2D eigenvalue weighted by atomic mass is 9.76. The second-order valence-corrected chi connectivity index (χ2v) is 9.68. The van der Waals surface area contributed by atoms with Crippen molar-refractivity contribution >= 4 is 39.3 Å². The van der Waals surface area contributed by atoms with Crippen molar-refractivity contribution in [1.29, 1.82) is 0 Å². The number of halogens is 2. The molecule has 0 bridgehead atoms. The predicted molar refractivity (Wildman–Crippen MR) is 126 cm³/mol. The zero-order valence-electron chi connectivity index (χ0n) is 17.0. The van der Waals surface area contributed by atoms with E-state index in [1.54, 1.807) is 18.2 Å². The number of benzene rings is 2. The molecule has 1 aromatic heterocycles. The highest BCUT2D eigenvalue weighted by Crippen LogP contribution is 2.43. The molecule has 0 saturated heterocycles. The second-order valence-electron chi connectivity index (χ2n) is 7.80. The molecule has 0 unspecified atom stereocenters. The third-order valence-electron chi connectivity index (χ3n) is 5.74. The Bertz CT molecular complexity index is 1320. The molecule has 0 radical (unpaired) electrons. The minimum absolute atomic E-state index is 0.0618. The highest BCUT2D eigenvalue weighted by Gasteiger charge is 2.37. The van der Waals surface area contributed by atoms with Crippen molar-refractivity contribution in [3.63, 3.8) is 0 Å². The molecule has 0 saturated carbocycles. The van der Waals surface area contributed by atoms with E-state index in [9.17, 15) is 14.0 Å². The average molecular weight is 512 g/mol. The number of fused-ring (bicyclic) bond motifs is 1. The number of hydrogen-bond acceptors (Lipinski definition) is 5. The highest BCUT2D eigenvalue weighted by atomic mass is 79.9. The first-order chi connectivity index (χ1) is 15.5. The van der Waals surface area contributed by atoms with E-state index in [4.69, 9.17) is 0 Å². The molecule has 5 nitrogen and oxygen atoms in total. The number of aromatic nitrogens is 2. The number of allylic oxidation sites excluding steroid dienone is 2. The molecule has 162 valence electrons. The van der Waals surface area contributed by atoms with Gasteiger partial charge >= 0.3 is 0 Å². The molecule has 1 atom stereocenters. The Morgan fingerprint density at radius 3 is 2.78 bits per heavy atom. The molecule has 5 rings (SSSR count). The van der Waals surface area contributed by atoms with E-state index in [1.807, 2.05) is 24.3 Å². The minimum atomic E-state index is -0.478. The number of rotatable bonds is 4. The van der Waals surface area contributed by atoms with Gasteiger partial charge in [-0.05, 0) is 42.2 Å². The Morgan fingerprint density at radius 1 is 1.12 bits per heavy atom. The van der Waals surface area contributed by atoms with Crippen LogP contribution >= 0.6 is 27.7 Å². The van der Waals surface area contributed by atoms with E-state index in [1.165, 1.54) is 17.8 Å². The van der Waals surface area contributed by atoms with E-state index in [0.717, 1.165) is 28.6 Å². The van der Waals surface area contributed by atoms with Crippen LogP contribution in [0.2, 0.25) is 0 Å². The number of nitrogens with zero attached hydrogens (tertiary/aromatic N) is 1. The molecule has 8 heteroatoms. The molecule has 2 aliphatic rings. The summed E-state index contributed by atoms with van der Waals surface area (Å²) in [4.78, 5) is 33.6. The molecular formula is C24H19BrFN3O2S. The van der Waals surface area contributed by atoms with Crippen LogP contribution in [0.25, 0.3) is 0 Å². The minimum Gasteiger partial charge on any atom is -0.343 e. The molecule has 2 aromatic carbocycles. The van der Waals surface area contributed by atoms with Gasteiger partial charge in [0.1, 0.15) is 11.6 Å². The van der Waals surface area contributed by atoms with Crippen LogP contribution in [-0.2, 0) is 10.5 Å². The fourth-order valence-corrected chi connectivity index (χ4v) is 5.55. The molecule has 0 fully saturated rings. The van der Waals surface area contributed by atoms with Gasteiger partial charge in [0.15, 0.2) is 10.9 Å². The van der Waals surface area contributed by atoms with Crippen LogP contribution in [0.1, 0.15) is 41.9 Å². The van der Waals surface area contributed by atoms with E-state index in [0.29, 0.717) is 39.8 Å². The number of nitrogens with one attached hydrogen (secondary N) is 2. The van der Waals surface area contributed by atoms with Gasteiger partial charge < -0.3 is 10.3 Å². The molecule has 2 heterocycles. The Morgan fingerprint density at radius 2 is 1.97 bits per heavy atom. The molecule has 1 aliphatic heterocycles. The Labute approximate surface area is 196 Å². The molecule has 3 aromatic rings. The highest BCUT2D eigenvalue weighted by molar-refractivity contribution is 9.10. The second kappa shape index (κ2) is 8.67. The van der Waals surface area contributed by atoms with Crippen molar-refractivity contribution in [2.45, 2.75) is 36.1 Å². The van der Waals surface area contributed by atoms with Crippen molar-refractivity contribution in [3.05, 3.63) is 97.1 Å². The van der Waals surface area contributed by atoms with E-state index >= 15 is 0 Å². The number of carbonyl (C=O) groups excluding carboxylic acids is 1. The number of anilines is 1. The largest absolute Gasteiger partial charge is 0.343 e. The number of hydrogen-bond donors (Lipinski definition) is 2. The van der Waals surface area contributed by atoms with E-state index < -0.39 is 5.92 Å². The first kappa shape index (κ1) is 21.2. The smallest absolute Gasteiger partial charge is 0.257 e. The molecule has 1 aliphatic carbocycles. The Balaban J connectivity index is 1.57. The summed E-state index contributed by atoms with van der Waals surface area (Å²) in [5.74, 6) is 0.0997. The van der Waals surface area contributed by atoms with E-state index in [2.05, 4.69) is 31.2 Å². The van der Waals surface area contributed by atoms with Crippen molar-refractivity contribution in [2.75, 3.05) is 5.32 Å². The zero-order chi connectivity index (χ0) is 22.2. The summed E-state index contributed by atoms with van der Waals surface area (Å²) in [6.07, 6.45) is 1.97. The van der Waals surface area contributed by atoms with E-state index in [-0.39, 0.29) is 17.2 Å². The third-order valence-corrected chi connectivity index (χ3v) is 7.16. The van der Waals surface area contributed by atoms with Crippen LogP contribution in [0.4, 0.5) is 10.2 Å². The monoisotopic (exact) mass is 511 g/mol. The maximum absolute atomic E-state index is 14.0. The van der Waals surface area contributed by atoms with Crippen LogP contribution in [0.15, 0.2) is 74.2 Å². The normalized spacial score (nSPS) is 17.6. The molecule has 0 spiro atoms. The van der Waals surface area contributed by atoms with Crippen molar-refractivity contribution in [3.8, 4) is 0 Å². The van der Waals surface area contributed by atoms with Crippen LogP contribution in [0.5, 0.6) is 0 Å². The maximum Gasteiger partial charge on any atom is 0.257 e. The summed E-state index contributed by atoms with van der Waals surface area (Å²) >= 11 is 4.77. The predicted octanol–water partition coefficient (Wildman–Crippen LogP) is 5.53. The topological polar surface area (TPSA) is 74.8 Å². The fraction of sp³-hybridized carbons (Fsp3) is 0.208. The summed E-state index contributed by atoms with van der Waals surface area (Å²) in [6.45, 7) is 0. The van der Waals surface area contributed by atoms with Gasteiger partial charge in [0.05, 0.1) is 5.56 Å². The van der Waals surface area contributed by atoms with Gasteiger partial charge in [0, 0.05) is 33.8 Å². The average Bonchev–Trinajstić information content (AvgIpc) is 2.77. The summed E-state index contributed by atoms with van der Waals surface area (Å²) < 4.78 is 14.9. The lowest BCUT2D eigenvalue weighted by molar-refractivity contribution is -0.116. The molecule has 0 amide bonds. The van der Waals surface area contributed by atoms with Crippen LogP contribution in [0.3, 0.4) is 0 Å². The Hall–Kier alpha value is -2.71. The van der Waals surface area contributed by atoms with Crippen LogP contribution < -0.4 is 10.9 Å². The summed E-state index contributed by atoms with van der Waals surface area (Å²) in [5, 5.41) is 3.67. The van der Waals surface area contributed by atoms with Crippen molar-refractivity contribution in [1.82, 2.24) is 9.97 Å². The number of thioether (sulfide) groups is 1. The quantitative estimate of drug-likeness (QED) is 0.355. The number of aromatic amines is 1.